The van der Waals surface area contributed by atoms with Crippen molar-refractivity contribution < 1.29 is 14.7 Å². The van der Waals surface area contributed by atoms with Crippen molar-refractivity contribution in [2.45, 2.75) is 13.8 Å². The standard InChI is InChI=1S/C12H14ClNO3/c1-3-14(7-11(15)16)12(17)9-4-8(2)5-10(13)6-9/h4-6H,3,7H2,1-2H3,(H,15,16). The van der Waals surface area contributed by atoms with Crippen molar-refractivity contribution in [2.24, 2.45) is 0 Å². The molecule has 0 saturated carbocycles. The number of aliphatic carboxylic acids is 1. The van der Waals surface area contributed by atoms with Crippen LogP contribution in [0.3, 0.4) is 0 Å². The third kappa shape index (κ3) is 3.75. The number of nitrogens with zero attached hydrogens (tertiary/aromatic N) is 1. The van der Waals surface area contributed by atoms with Crippen molar-refractivity contribution in [3.05, 3.63) is 34.3 Å². The molecule has 0 aromatic heterocycles. The molecule has 0 bridgehead atoms. The number of benzene rings is 1. The zero-order chi connectivity index (χ0) is 13.0. The zero-order valence-corrected chi connectivity index (χ0v) is 10.5. The number of amides is 1. The minimum atomic E-state index is -1.03. The van der Waals surface area contributed by atoms with Gasteiger partial charge >= 0.3 is 5.97 Å². The third-order valence-corrected chi connectivity index (χ3v) is 2.50. The van der Waals surface area contributed by atoms with Crippen molar-refractivity contribution in [1.82, 2.24) is 4.90 Å². The van der Waals surface area contributed by atoms with Crippen molar-refractivity contribution in [3.63, 3.8) is 0 Å². The maximum Gasteiger partial charge on any atom is 0.323 e. The molecule has 0 heterocycles. The molecular weight excluding hydrogens is 242 g/mol. The average Bonchev–Trinajstić information content (AvgIpc) is 2.23. The Morgan fingerprint density at radius 2 is 2.00 bits per heavy atom. The van der Waals surface area contributed by atoms with E-state index in [-0.39, 0.29) is 12.5 Å². The molecule has 0 aliphatic heterocycles. The maximum atomic E-state index is 12.0. The number of carbonyl (C=O) groups is 2. The number of hydrogen-bond acceptors (Lipinski definition) is 2. The van der Waals surface area contributed by atoms with Crippen LogP contribution >= 0.6 is 11.6 Å². The summed E-state index contributed by atoms with van der Waals surface area (Å²) in [6, 6.07) is 4.98. The average molecular weight is 256 g/mol. The van der Waals surface area contributed by atoms with E-state index in [9.17, 15) is 9.59 Å². The molecule has 1 rings (SSSR count). The first kappa shape index (κ1) is 13.5. The molecular formula is C12H14ClNO3. The summed E-state index contributed by atoms with van der Waals surface area (Å²) in [4.78, 5) is 23.9. The zero-order valence-electron chi connectivity index (χ0n) is 9.74. The van der Waals surface area contributed by atoms with E-state index in [1.807, 2.05) is 6.92 Å². The van der Waals surface area contributed by atoms with Crippen molar-refractivity contribution in [1.29, 1.82) is 0 Å². The quantitative estimate of drug-likeness (QED) is 0.897. The molecule has 92 valence electrons. The smallest absolute Gasteiger partial charge is 0.323 e. The molecule has 0 saturated heterocycles. The number of carboxylic acid groups (broad SMARTS) is 1. The van der Waals surface area contributed by atoms with Crippen LogP contribution in [0.25, 0.3) is 0 Å². The summed E-state index contributed by atoms with van der Waals surface area (Å²) in [5, 5.41) is 9.17. The molecule has 1 N–H and O–H groups in total. The van der Waals surface area contributed by atoms with Gasteiger partial charge in [-0.3, -0.25) is 9.59 Å². The highest BCUT2D eigenvalue weighted by Crippen LogP contribution is 2.16. The fourth-order valence-electron chi connectivity index (χ4n) is 1.53. The summed E-state index contributed by atoms with van der Waals surface area (Å²) >= 11 is 5.86. The number of carbonyl (C=O) groups excluding carboxylic acids is 1. The van der Waals surface area contributed by atoms with Gasteiger partial charge in [0.2, 0.25) is 0 Å². The van der Waals surface area contributed by atoms with Crippen LogP contribution in [-0.4, -0.2) is 35.0 Å². The van der Waals surface area contributed by atoms with Crippen LogP contribution in [0.1, 0.15) is 22.8 Å². The highest BCUT2D eigenvalue weighted by Gasteiger charge is 2.17. The van der Waals surface area contributed by atoms with Gasteiger partial charge in [-0.2, -0.15) is 0 Å². The van der Waals surface area contributed by atoms with Crippen LogP contribution in [0.2, 0.25) is 5.02 Å². The van der Waals surface area contributed by atoms with Gasteiger partial charge in [0.1, 0.15) is 6.54 Å². The maximum absolute atomic E-state index is 12.0. The second-order valence-corrected chi connectivity index (χ2v) is 4.17. The van der Waals surface area contributed by atoms with Gasteiger partial charge in [-0.25, -0.2) is 0 Å². The molecule has 0 aliphatic carbocycles. The Labute approximate surface area is 105 Å². The van der Waals surface area contributed by atoms with Crippen LogP contribution in [0.5, 0.6) is 0 Å². The minimum Gasteiger partial charge on any atom is -0.480 e. The Hall–Kier alpha value is -1.55. The number of aryl methyl sites for hydroxylation is 1. The normalized spacial score (nSPS) is 10.1. The van der Waals surface area contributed by atoms with E-state index in [4.69, 9.17) is 16.7 Å². The van der Waals surface area contributed by atoms with E-state index in [1.54, 1.807) is 25.1 Å². The van der Waals surface area contributed by atoms with E-state index >= 15 is 0 Å². The lowest BCUT2D eigenvalue weighted by Gasteiger charge is -2.18. The Bertz CT molecular complexity index is 425. The van der Waals surface area contributed by atoms with E-state index in [0.717, 1.165) is 5.56 Å². The predicted molar refractivity (Wildman–Crippen MR) is 65.4 cm³/mol. The largest absolute Gasteiger partial charge is 0.480 e. The third-order valence-electron chi connectivity index (χ3n) is 2.28. The fraction of sp³-hybridized carbons (Fsp3) is 0.333. The van der Waals surface area contributed by atoms with Gasteiger partial charge in [0.15, 0.2) is 0 Å². The number of hydrogen-bond donors (Lipinski definition) is 1. The van der Waals surface area contributed by atoms with Crippen molar-refractivity contribution in [3.8, 4) is 0 Å². The number of rotatable bonds is 4. The van der Waals surface area contributed by atoms with Gasteiger partial charge in [0.05, 0.1) is 0 Å². The molecule has 0 unspecified atom stereocenters. The topological polar surface area (TPSA) is 57.6 Å². The molecule has 5 heteroatoms. The van der Waals surface area contributed by atoms with Crippen LogP contribution < -0.4 is 0 Å². The molecule has 4 nitrogen and oxygen atoms in total. The van der Waals surface area contributed by atoms with Crippen molar-refractivity contribution in [2.75, 3.05) is 13.1 Å². The summed E-state index contributed by atoms with van der Waals surface area (Å²) in [6.07, 6.45) is 0. The molecule has 0 radical (unpaired) electrons. The second-order valence-electron chi connectivity index (χ2n) is 3.73. The molecule has 1 aromatic rings. The number of halogens is 1. The molecule has 0 aliphatic rings. The lowest BCUT2D eigenvalue weighted by atomic mass is 10.1. The first-order valence-corrected chi connectivity index (χ1v) is 5.60. The van der Waals surface area contributed by atoms with Gasteiger partial charge < -0.3 is 10.0 Å². The summed E-state index contributed by atoms with van der Waals surface area (Å²) in [5.74, 6) is -1.35. The van der Waals surface area contributed by atoms with Gasteiger partial charge in [-0.05, 0) is 37.6 Å². The van der Waals surface area contributed by atoms with Gasteiger partial charge in [-0.15, -0.1) is 0 Å². The summed E-state index contributed by atoms with van der Waals surface area (Å²) < 4.78 is 0. The highest BCUT2D eigenvalue weighted by molar-refractivity contribution is 6.31. The van der Waals surface area contributed by atoms with E-state index < -0.39 is 5.97 Å². The SMILES string of the molecule is CCN(CC(=O)O)C(=O)c1cc(C)cc(Cl)c1. The molecule has 0 spiro atoms. The van der Waals surface area contributed by atoms with E-state index in [1.165, 1.54) is 4.90 Å². The minimum absolute atomic E-state index is 0.305. The molecule has 17 heavy (non-hydrogen) atoms. The predicted octanol–water partition coefficient (Wildman–Crippen LogP) is 2.20. The molecule has 0 atom stereocenters. The Morgan fingerprint density at radius 3 is 2.47 bits per heavy atom. The lowest BCUT2D eigenvalue weighted by molar-refractivity contribution is -0.137. The number of likely N-dealkylation sites (N-methyl/N-ethyl adjacent to an activating group) is 1. The molecule has 0 fully saturated rings. The monoisotopic (exact) mass is 255 g/mol. The Balaban J connectivity index is 2.97. The lowest BCUT2D eigenvalue weighted by Crippen LogP contribution is -2.35. The highest BCUT2D eigenvalue weighted by atomic mass is 35.5. The summed E-state index contributed by atoms with van der Waals surface area (Å²) in [7, 11) is 0. The first-order valence-electron chi connectivity index (χ1n) is 5.22. The van der Waals surface area contributed by atoms with Gasteiger partial charge in [0, 0.05) is 17.1 Å². The fourth-order valence-corrected chi connectivity index (χ4v) is 1.82. The Kier molecular flexibility index (Phi) is 4.52. The van der Waals surface area contributed by atoms with E-state index in [0.29, 0.717) is 17.1 Å². The van der Waals surface area contributed by atoms with Crippen LogP contribution in [0.15, 0.2) is 18.2 Å². The summed E-state index contributed by atoms with van der Waals surface area (Å²) in [5.41, 5.74) is 1.28. The van der Waals surface area contributed by atoms with Gasteiger partial charge in [0.25, 0.3) is 5.91 Å². The van der Waals surface area contributed by atoms with Crippen LogP contribution in [-0.2, 0) is 4.79 Å². The number of carboxylic acids is 1. The summed E-state index contributed by atoms with van der Waals surface area (Å²) in [6.45, 7) is 3.60. The molecule has 1 amide bonds. The van der Waals surface area contributed by atoms with Crippen LogP contribution in [0.4, 0.5) is 0 Å². The Morgan fingerprint density at radius 1 is 1.35 bits per heavy atom. The van der Waals surface area contributed by atoms with E-state index in [2.05, 4.69) is 0 Å². The molecule has 1 aromatic carbocycles. The first-order chi connectivity index (χ1) is 7.93. The second kappa shape index (κ2) is 5.68. The van der Waals surface area contributed by atoms with Crippen molar-refractivity contribution >= 4 is 23.5 Å². The van der Waals surface area contributed by atoms with Crippen LogP contribution in [0, 0.1) is 6.92 Å². The van der Waals surface area contributed by atoms with Gasteiger partial charge in [-0.1, -0.05) is 11.6 Å².